The average molecular weight is 179 g/mol. The molecule has 2 rings (SSSR count). The molecule has 2 aliphatic rings. The summed E-state index contributed by atoms with van der Waals surface area (Å²) < 4.78 is 0. The molecule has 1 amide bonds. The molecule has 0 radical (unpaired) electrons. The van der Waals surface area contributed by atoms with Crippen LogP contribution in [-0.4, -0.2) is 5.91 Å². The Morgan fingerprint density at radius 1 is 1.54 bits per heavy atom. The van der Waals surface area contributed by atoms with Gasteiger partial charge in [0.1, 0.15) is 0 Å². The zero-order chi connectivity index (χ0) is 9.64. The second-order valence-electron chi connectivity index (χ2n) is 4.93. The van der Waals surface area contributed by atoms with Gasteiger partial charge in [-0.25, -0.2) is 0 Å². The van der Waals surface area contributed by atoms with E-state index in [0.717, 1.165) is 5.92 Å². The Morgan fingerprint density at radius 2 is 2.23 bits per heavy atom. The minimum absolute atomic E-state index is 0.220. The predicted octanol–water partition coefficient (Wildman–Crippen LogP) is 1.85. The smallest absolute Gasteiger partial charge is 0.241 e. The van der Waals surface area contributed by atoms with E-state index in [1.807, 2.05) is 0 Å². The normalized spacial score (nSPS) is 38.5. The lowest BCUT2D eigenvalue weighted by molar-refractivity contribution is -0.113. The van der Waals surface area contributed by atoms with Crippen molar-refractivity contribution < 1.29 is 4.79 Å². The van der Waals surface area contributed by atoms with Gasteiger partial charge in [-0.05, 0) is 36.5 Å². The van der Waals surface area contributed by atoms with Gasteiger partial charge in [0.05, 0.1) is 0 Å². The molecular formula is C11H17NO. The van der Waals surface area contributed by atoms with Gasteiger partial charge in [-0.1, -0.05) is 19.4 Å². The molecule has 13 heavy (non-hydrogen) atoms. The molecule has 2 fully saturated rings. The summed E-state index contributed by atoms with van der Waals surface area (Å²) in [5, 5.41) is 0. The number of hydrogen-bond acceptors (Lipinski definition) is 1. The molecule has 72 valence electrons. The van der Waals surface area contributed by atoms with Crippen molar-refractivity contribution >= 4 is 5.91 Å². The molecule has 2 N–H and O–H groups in total. The van der Waals surface area contributed by atoms with Gasteiger partial charge in [-0.15, -0.1) is 0 Å². The third-order valence-corrected chi connectivity index (χ3v) is 3.93. The van der Waals surface area contributed by atoms with Gasteiger partial charge in [-0.2, -0.15) is 0 Å². The highest BCUT2D eigenvalue weighted by Crippen LogP contribution is 2.58. The van der Waals surface area contributed by atoms with Crippen LogP contribution in [0.1, 0.15) is 33.1 Å². The van der Waals surface area contributed by atoms with Crippen molar-refractivity contribution in [2.24, 2.45) is 23.0 Å². The number of primary amides is 1. The number of hydrogen-bond donors (Lipinski definition) is 1. The highest BCUT2D eigenvalue weighted by atomic mass is 16.1. The summed E-state index contributed by atoms with van der Waals surface area (Å²) in [6.07, 6.45) is 5.52. The predicted molar refractivity (Wildman–Crippen MR) is 51.9 cm³/mol. The van der Waals surface area contributed by atoms with Crippen LogP contribution in [0.4, 0.5) is 0 Å². The van der Waals surface area contributed by atoms with E-state index in [9.17, 15) is 4.79 Å². The van der Waals surface area contributed by atoms with Gasteiger partial charge in [0.15, 0.2) is 0 Å². The van der Waals surface area contributed by atoms with Crippen molar-refractivity contribution in [1.82, 2.24) is 0 Å². The van der Waals surface area contributed by atoms with Crippen LogP contribution in [-0.2, 0) is 4.79 Å². The number of rotatable bonds is 1. The number of carbonyl (C=O) groups excluding carboxylic acids is 1. The summed E-state index contributed by atoms with van der Waals surface area (Å²) in [5.74, 6) is 1.14. The summed E-state index contributed by atoms with van der Waals surface area (Å²) in [6.45, 7) is 4.48. The van der Waals surface area contributed by atoms with E-state index >= 15 is 0 Å². The number of carbonyl (C=O) groups is 1. The third kappa shape index (κ3) is 1.19. The fourth-order valence-corrected chi connectivity index (χ4v) is 3.14. The first-order valence-electron chi connectivity index (χ1n) is 5.03. The van der Waals surface area contributed by atoms with Gasteiger partial charge in [0, 0.05) is 6.08 Å². The molecule has 0 heterocycles. The van der Waals surface area contributed by atoms with Gasteiger partial charge in [0.25, 0.3) is 0 Å². The Kier molecular flexibility index (Phi) is 1.76. The Bertz CT molecular complexity index is 278. The summed E-state index contributed by atoms with van der Waals surface area (Å²) in [4.78, 5) is 10.9. The van der Waals surface area contributed by atoms with Crippen molar-refractivity contribution in [2.45, 2.75) is 33.1 Å². The molecule has 0 aromatic heterocycles. The number of amides is 1. The number of nitrogens with two attached hydrogens (primary N) is 1. The molecular weight excluding hydrogens is 162 g/mol. The van der Waals surface area contributed by atoms with E-state index in [1.165, 1.54) is 24.8 Å². The van der Waals surface area contributed by atoms with Crippen LogP contribution in [0.5, 0.6) is 0 Å². The molecule has 0 saturated heterocycles. The van der Waals surface area contributed by atoms with Crippen LogP contribution in [0.15, 0.2) is 11.6 Å². The molecule has 2 atom stereocenters. The molecule has 2 heteroatoms. The molecule has 0 aromatic carbocycles. The number of fused-ring (bicyclic) bond motifs is 2. The van der Waals surface area contributed by atoms with Crippen LogP contribution in [0.3, 0.4) is 0 Å². The lowest BCUT2D eigenvalue weighted by Crippen LogP contribution is -2.24. The van der Waals surface area contributed by atoms with E-state index in [-0.39, 0.29) is 11.3 Å². The zero-order valence-corrected chi connectivity index (χ0v) is 8.34. The van der Waals surface area contributed by atoms with Crippen LogP contribution < -0.4 is 5.73 Å². The summed E-state index contributed by atoms with van der Waals surface area (Å²) in [6, 6.07) is 0. The highest BCUT2D eigenvalue weighted by Gasteiger charge is 2.48. The first-order valence-corrected chi connectivity index (χ1v) is 5.03. The lowest BCUT2D eigenvalue weighted by Gasteiger charge is -2.32. The van der Waals surface area contributed by atoms with Crippen molar-refractivity contribution in [2.75, 3.05) is 0 Å². The maximum absolute atomic E-state index is 10.9. The fourth-order valence-electron chi connectivity index (χ4n) is 3.14. The first-order chi connectivity index (χ1) is 6.01. The van der Waals surface area contributed by atoms with Gasteiger partial charge >= 0.3 is 0 Å². The van der Waals surface area contributed by atoms with E-state index in [0.29, 0.717) is 5.92 Å². The Labute approximate surface area is 79.2 Å². The van der Waals surface area contributed by atoms with E-state index in [1.54, 1.807) is 6.08 Å². The Hall–Kier alpha value is -0.790. The van der Waals surface area contributed by atoms with Crippen molar-refractivity contribution in [1.29, 1.82) is 0 Å². The maximum Gasteiger partial charge on any atom is 0.241 e. The zero-order valence-electron chi connectivity index (χ0n) is 8.34. The van der Waals surface area contributed by atoms with Gasteiger partial charge in [0.2, 0.25) is 5.91 Å². The lowest BCUT2D eigenvalue weighted by atomic mass is 9.72. The second-order valence-corrected chi connectivity index (χ2v) is 4.93. The summed E-state index contributed by atoms with van der Waals surface area (Å²) in [5.41, 5.74) is 6.73. The molecule has 2 bridgehead atoms. The van der Waals surface area contributed by atoms with Gasteiger partial charge in [-0.3, -0.25) is 4.79 Å². The Morgan fingerprint density at radius 3 is 2.69 bits per heavy atom. The second kappa shape index (κ2) is 2.60. The first kappa shape index (κ1) is 8.79. The summed E-state index contributed by atoms with van der Waals surface area (Å²) in [7, 11) is 0. The van der Waals surface area contributed by atoms with E-state index < -0.39 is 0 Å². The Balaban J connectivity index is 2.34. The largest absolute Gasteiger partial charge is 0.366 e. The number of allylic oxidation sites excluding steroid dienone is 1. The molecule has 2 aliphatic carbocycles. The fraction of sp³-hybridized carbons (Fsp3) is 0.727. The topological polar surface area (TPSA) is 43.1 Å². The molecule has 2 nitrogen and oxygen atoms in total. The minimum atomic E-state index is -0.282. The molecule has 0 spiro atoms. The standard InChI is InChI=1S/C11H17NO/c1-11(2)8-4-3-7(5-8)9(11)6-10(12)13/h6-8H,3-5H2,1-2H3,(H2,12,13)/b9-6+/t7-,8-/m0/s1. The van der Waals surface area contributed by atoms with Crippen LogP contribution in [0.25, 0.3) is 0 Å². The molecule has 0 aliphatic heterocycles. The van der Waals surface area contributed by atoms with Crippen LogP contribution in [0, 0.1) is 17.3 Å². The molecule has 0 aromatic rings. The van der Waals surface area contributed by atoms with Crippen molar-refractivity contribution in [3.63, 3.8) is 0 Å². The quantitative estimate of drug-likeness (QED) is 0.613. The van der Waals surface area contributed by atoms with E-state index in [4.69, 9.17) is 5.73 Å². The van der Waals surface area contributed by atoms with Crippen molar-refractivity contribution in [3.8, 4) is 0 Å². The van der Waals surface area contributed by atoms with Gasteiger partial charge < -0.3 is 5.73 Å². The van der Waals surface area contributed by atoms with Crippen molar-refractivity contribution in [3.05, 3.63) is 11.6 Å². The SMILES string of the molecule is CC1(C)/C(=C/C(N)=O)[C@H]2CC[C@H]1C2. The monoisotopic (exact) mass is 179 g/mol. The third-order valence-electron chi connectivity index (χ3n) is 3.93. The summed E-state index contributed by atoms with van der Waals surface area (Å²) >= 11 is 0. The van der Waals surface area contributed by atoms with E-state index in [2.05, 4.69) is 13.8 Å². The highest BCUT2D eigenvalue weighted by molar-refractivity contribution is 5.87. The maximum atomic E-state index is 10.9. The average Bonchev–Trinajstić information content (AvgIpc) is 2.53. The molecule has 0 unspecified atom stereocenters. The minimum Gasteiger partial charge on any atom is -0.366 e. The molecule has 2 saturated carbocycles. The van der Waals surface area contributed by atoms with Crippen LogP contribution >= 0.6 is 0 Å². The van der Waals surface area contributed by atoms with Crippen LogP contribution in [0.2, 0.25) is 0 Å².